The molecule has 0 bridgehead atoms. The van der Waals surface area contributed by atoms with Crippen LogP contribution in [0.2, 0.25) is 0 Å². The lowest BCUT2D eigenvalue weighted by Gasteiger charge is -2.28. The number of rotatable bonds is 12. The summed E-state index contributed by atoms with van der Waals surface area (Å²) in [5.41, 5.74) is 4.05. The van der Waals surface area contributed by atoms with Crippen LogP contribution in [-0.4, -0.2) is 65.3 Å². The molecule has 1 aromatic heterocycles. The van der Waals surface area contributed by atoms with Gasteiger partial charge in [0.05, 0.1) is 18.2 Å². The second-order valence-electron chi connectivity index (χ2n) is 9.89. The Morgan fingerprint density at radius 1 is 1.07 bits per heavy atom. The molecule has 4 aromatic rings. The van der Waals surface area contributed by atoms with E-state index in [1.54, 1.807) is 30.7 Å². The Balaban J connectivity index is 0.00000405. The Kier molecular flexibility index (Phi) is 9.26. The third-order valence-corrected chi connectivity index (χ3v) is 8.03. The zero-order valence-electron chi connectivity index (χ0n) is 23.3. The van der Waals surface area contributed by atoms with Gasteiger partial charge in [0.15, 0.2) is 6.61 Å². The first-order chi connectivity index (χ1) is 20.0. The van der Waals surface area contributed by atoms with E-state index in [2.05, 4.69) is 21.4 Å². The highest BCUT2D eigenvalue weighted by Crippen LogP contribution is 2.23. The minimum atomic E-state index is -0.344. The first-order valence-corrected chi connectivity index (χ1v) is 14.6. The number of amides is 2. The van der Waals surface area contributed by atoms with Crippen LogP contribution in [0.15, 0.2) is 84.0 Å². The van der Waals surface area contributed by atoms with Gasteiger partial charge < -0.3 is 24.7 Å². The molecule has 2 amide bonds. The summed E-state index contributed by atoms with van der Waals surface area (Å²) in [6.45, 7) is 2.95. The van der Waals surface area contributed by atoms with E-state index in [1.807, 2.05) is 72.9 Å². The normalized spacial score (nSPS) is 13.5. The maximum atomic E-state index is 13.1. The summed E-state index contributed by atoms with van der Waals surface area (Å²) in [5, 5.41) is 5.25. The van der Waals surface area contributed by atoms with Gasteiger partial charge >= 0.3 is 0 Å². The Labute approximate surface area is 245 Å². The van der Waals surface area contributed by atoms with Gasteiger partial charge in [0.1, 0.15) is 11.5 Å². The van der Waals surface area contributed by atoms with Gasteiger partial charge in [-0.3, -0.25) is 14.6 Å². The van der Waals surface area contributed by atoms with Crippen LogP contribution in [0.5, 0.6) is 11.5 Å². The molecule has 0 radical (unpaired) electrons. The quantitative estimate of drug-likeness (QED) is 0.247. The monoisotopic (exact) mass is 572 g/mol. The Morgan fingerprint density at radius 3 is 2.61 bits per heavy atom. The number of thioether (sulfide) groups is 1. The Hall–Kier alpha value is -4.24. The number of fused-ring (bicyclic) bond motifs is 1. The molecular weight excluding hydrogens is 536 g/mol. The van der Waals surface area contributed by atoms with E-state index >= 15 is 0 Å². The van der Waals surface area contributed by atoms with E-state index in [0.717, 1.165) is 44.9 Å². The van der Waals surface area contributed by atoms with Crippen LogP contribution in [0.3, 0.4) is 0 Å². The fourth-order valence-electron chi connectivity index (χ4n) is 4.96. The number of aromatic amines is 1. The molecule has 3 aromatic carbocycles. The topological polar surface area (TPSA) is 96.0 Å². The molecule has 0 aliphatic carbocycles. The van der Waals surface area contributed by atoms with Crippen molar-refractivity contribution >= 4 is 39.5 Å². The first-order valence-electron chi connectivity index (χ1n) is 13.6. The number of carbonyl (C=O) groups is 2. The molecule has 5 rings (SSSR count). The van der Waals surface area contributed by atoms with Crippen molar-refractivity contribution in [1.29, 1.82) is 0 Å². The van der Waals surface area contributed by atoms with Crippen LogP contribution >= 0.6 is 11.8 Å². The molecule has 0 spiro atoms. The smallest absolute Gasteiger partial charge is 0.258 e. The van der Waals surface area contributed by atoms with Gasteiger partial charge in [-0.25, -0.2) is 0 Å². The predicted molar refractivity (Wildman–Crippen MR) is 166 cm³/mol. The summed E-state index contributed by atoms with van der Waals surface area (Å²) in [5.74, 6) is 2.00. The van der Waals surface area contributed by atoms with Gasteiger partial charge in [0.2, 0.25) is 5.91 Å². The summed E-state index contributed by atoms with van der Waals surface area (Å²) in [4.78, 5) is 35.4. The summed E-state index contributed by atoms with van der Waals surface area (Å²) >= 11 is 1.75. The molecule has 9 heteroatoms. The number of carbonyl (C=O) groups excluding carboxylic acids is 2. The maximum Gasteiger partial charge on any atom is 0.258 e. The second-order valence-corrected chi connectivity index (χ2v) is 11.0. The summed E-state index contributed by atoms with van der Waals surface area (Å²) < 4.78 is 11.3. The van der Waals surface area contributed by atoms with Gasteiger partial charge in [0, 0.05) is 62.0 Å². The number of benzene rings is 3. The number of aromatic nitrogens is 1. The van der Waals surface area contributed by atoms with Gasteiger partial charge in [-0.2, -0.15) is 0 Å². The fourth-order valence-corrected chi connectivity index (χ4v) is 5.82. The van der Waals surface area contributed by atoms with Crippen molar-refractivity contribution in [2.75, 3.05) is 32.6 Å². The number of nitrogens with zero attached hydrogens (tertiary/aromatic N) is 2. The summed E-state index contributed by atoms with van der Waals surface area (Å²) in [6, 6.07) is 23.0. The predicted octanol–water partition coefficient (Wildman–Crippen LogP) is 5.07. The van der Waals surface area contributed by atoms with Crippen molar-refractivity contribution in [3.8, 4) is 11.5 Å². The molecule has 214 valence electrons. The molecule has 0 saturated carbocycles. The minimum absolute atomic E-state index is 0. The van der Waals surface area contributed by atoms with Crippen molar-refractivity contribution in [3.05, 3.63) is 95.7 Å². The fraction of sp³-hybridized carbons (Fsp3) is 0.281. The lowest BCUT2D eigenvalue weighted by atomic mass is 10.0. The number of hydrogen-bond acceptors (Lipinski definition) is 6. The molecule has 8 nitrogen and oxygen atoms in total. The van der Waals surface area contributed by atoms with Crippen molar-refractivity contribution in [2.24, 2.45) is 4.99 Å². The number of ether oxygens (including phenoxy) is 2. The van der Waals surface area contributed by atoms with E-state index in [1.165, 1.54) is 0 Å². The van der Waals surface area contributed by atoms with Crippen molar-refractivity contribution in [3.63, 3.8) is 0 Å². The second kappa shape index (κ2) is 13.4. The molecule has 41 heavy (non-hydrogen) atoms. The van der Waals surface area contributed by atoms with E-state index in [9.17, 15) is 9.59 Å². The average molecular weight is 573 g/mol. The van der Waals surface area contributed by atoms with Crippen LogP contribution in [0.1, 0.15) is 25.0 Å². The molecule has 2 heterocycles. The van der Waals surface area contributed by atoms with Gasteiger partial charge in [-0.1, -0.05) is 36.4 Å². The number of hydrogen-bond donors (Lipinski definition) is 2. The van der Waals surface area contributed by atoms with Crippen LogP contribution in [0.4, 0.5) is 0 Å². The van der Waals surface area contributed by atoms with E-state index in [-0.39, 0.29) is 25.9 Å². The average Bonchev–Trinajstić information content (AvgIpc) is 3.67. The molecule has 0 saturated heterocycles. The third kappa shape index (κ3) is 7.29. The summed E-state index contributed by atoms with van der Waals surface area (Å²) in [6.07, 6.45) is 2.51. The number of H-pyrrole nitrogens is 1. The standard InChI is InChI=1S/C32H34N4O4S.H2/c1-22(37)36(19-24-7-3-6-10-30(24)39-2)20-26(17-25-18-34-29-9-5-4-8-28(25)29)35-31(38)21-40-27-13-11-23(12-14-27)32-33-15-16-41-32;/h3-14,18,26,34H,15-17,19-21H2,1-2H3,(H,35,38);1H. The first kappa shape index (κ1) is 28.3. The molecule has 1 aliphatic rings. The van der Waals surface area contributed by atoms with Crippen LogP contribution in [0, 0.1) is 0 Å². The molecule has 0 fully saturated rings. The summed E-state index contributed by atoms with van der Waals surface area (Å²) in [7, 11) is 1.62. The SMILES string of the molecule is COc1ccccc1CN(CC(Cc1c[nH]c2ccccc12)NC(=O)COc1ccc(C2=NCCS2)cc1)C(C)=O.[HH]. The largest absolute Gasteiger partial charge is 0.496 e. The van der Waals surface area contributed by atoms with Crippen LogP contribution in [0.25, 0.3) is 10.9 Å². The van der Waals surface area contributed by atoms with Gasteiger partial charge in [-0.15, -0.1) is 11.8 Å². The van der Waals surface area contributed by atoms with Gasteiger partial charge in [-0.05, 0) is 48.4 Å². The maximum absolute atomic E-state index is 13.1. The van der Waals surface area contributed by atoms with E-state index in [0.29, 0.717) is 31.0 Å². The van der Waals surface area contributed by atoms with E-state index < -0.39 is 0 Å². The van der Waals surface area contributed by atoms with E-state index in [4.69, 9.17) is 9.47 Å². The van der Waals surface area contributed by atoms with Crippen molar-refractivity contribution in [1.82, 2.24) is 15.2 Å². The zero-order valence-corrected chi connectivity index (χ0v) is 24.1. The third-order valence-electron chi connectivity index (χ3n) is 7.00. The minimum Gasteiger partial charge on any atom is -0.496 e. The number of methoxy groups -OCH3 is 1. The Bertz CT molecular complexity index is 1540. The highest BCUT2D eigenvalue weighted by atomic mass is 32.2. The zero-order chi connectivity index (χ0) is 28.6. The Morgan fingerprint density at radius 2 is 1.85 bits per heavy atom. The van der Waals surface area contributed by atoms with Crippen LogP contribution < -0.4 is 14.8 Å². The molecule has 1 atom stereocenters. The highest BCUT2D eigenvalue weighted by Gasteiger charge is 2.22. The van der Waals surface area contributed by atoms with Crippen LogP contribution in [-0.2, 0) is 22.6 Å². The molecule has 1 aliphatic heterocycles. The molecular formula is C32H36N4O4S. The molecule has 1 unspecified atom stereocenters. The lowest BCUT2D eigenvalue weighted by Crippen LogP contribution is -2.47. The molecule has 2 N–H and O–H groups in total. The number of aliphatic imine (C=N–C) groups is 1. The van der Waals surface area contributed by atoms with Crippen molar-refractivity contribution < 1.29 is 20.5 Å². The van der Waals surface area contributed by atoms with Crippen molar-refractivity contribution in [2.45, 2.75) is 25.9 Å². The lowest BCUT2D eigenvalue weighted by molar-refractivity contribution is -0.131. The highest BCUT2D eigenvalue weighted by molar-refractivity contribution is 8.14. The number of para-hydroxylation sites is 2. The van der Waals surface area contributed by atoms with Gasteiger partial charge in [0.25, 0.3) is 5.91 Å². The number of nitrogens with one attached hydrogen (secondary N) is 2.